The molecule has 2 amide bonds. The van der Waals surface area contributed by atoms with E-state index >= 15 is 0 Å². The summed E-state index contributed by atoms with van der Waals surface area (Å²) in [4.78, 5) is 63.8. The standard InChI is InChI=1S/C36H48N2O8/c1-23-14-13-17-27-20-28(39)21-30(34(27)42)38-32(40)22-29(45-4)18-11-6-5-7-12-19-31(24(2)33(23)41)46-36(44)25(3)37-35(43)26-15-9-8-10-16-26/h5-7,11-12,14,18,20-21,24-26,29,31,33,41H,8-10,13,15-17,19,22H2,1-4H3,(H,37,43)(H,38,40)/b6-5-,12-7-,18-11-,23-14-/t24-,25+,29-,31-,33-/m0/s1. The van der Waals surface area contributed by atoms with Crippen molar-refractivity contribution >= 4 is 29.4 Å². The van der Waals surface area contributed by atoms with Crippen molar-refractivity contribution in [3.63, 3.8) is 0 Å². The molecule has 3 aliphatic rings. The number of fused-ring (bicyclic) bond motifs is 2. The summed E-state index contributed by atoms with van der Waals surface area (Å²) in [6.07, 6.45) is 18.1. The number of methoxy groups -OCH3 is 1. The average Bonchev–Trinajstić information content (AvgIpc) is 3.04. The summed E-state index contributed by atoms with van der Waals surface area (Å²) in [6.45, 7) is 5.16. The largest absolute Gasteiger partial charge is 0.460 e. The molecule has 1 saturated carbocycles. The number of esters is 1. The van der Waals surface area contributed by atoms with Crippen molar-refractivity contribution in [1.29, 1.82) is 0 Å². The Morgan fingerprint density at radius 1 is 1.04 bits per heavy atom. The average molecular weight is 637 g/mol. The van der Waals surface area contributed by atoms with E-state index in [0.717, 1.165) is 38.2 Å². The summed E-state index contributed by atoms with van der Waals surface area (Å²) in [5.41, 5.74) is 0.803. The molecule has 3 rings (SSSR count). The predicted molar refractivity (Wildman–Crippen MR) is 174 cm³/mol. The van der Waals surface area contributed by atoms with Crippen molar-refractivity contribution in [3.8, 4) is 0 Å². The highest BCUT2D eigenvalue weighted by atomic mass is 16.5. The zero-order chi connectivity index (χ0) is 33.6. The molecule has 2 bridgehead atoms. The number of aliphatic hydroxyl groups is 1. The van der Waals surface area contributed by atoms with Gasteiger partial charge in [-0.2, -0.15) is 0 Å². The van der Waals surface area contributed by atoms with Gasteiger partial charge < -0.3 is 25.2 Å². The van der Waals surface area contributed by atoms with E-state index in [0.29, 0.717) is 18.4 Å². The molecule has 5 atom stereocenters. The molecule has 10 nitrogen and oxygen atoms in total. The Morgan fingerprint density at radius 2 is 1.76 bits per heavy atom. The number of Topliss-reactive ketones (excluding diaryl/α,β-unsaturated/α-hetero) is 1. The quantitative estimate of drug-likeness (QED) is 0.230. The van der Waals surface area contributed by atoms with Crippen molar-refractivity contribution in [3.05, 3.63) is 71.5 Å². The van der Waals surface area contributed by atoms with Gasteiger partial charge in [0.25, 0.3) is 0 Å². The number of carbonyl (C=O) groups is 5. The fraction of sp³-hybridized carbons (Fsp3) is 0.528. The Balaban J connectivity index is 1.79. The normalized spacial score (nSPS) is 29.8. The van der Waals surface area contributed by atoms with Crippen LogP contribution in [0.1, 0.15) is 78.6 Å². The first kappa shape index (κ1) is 36.6. The van der Waals surface area contributed by atoms with Crippen molar-refractivity contribution in [1.82, 2.24) is 10.6 Å². The minimum absolute atomic E-state index is 0.0567. The smallest absolute Gasteiger partial charge is 0.328 e. The Labute approximate surface area is 271 Å². The van der Waals surface area contributed by atoms with E-state index in [1.165, 1.54) is 13.2 Å². The maximum Gasteiger partial charge on any atom is 0.328 e. The molecule has 0 aromatic carbocycles. The number of carbonyl (C=O) groups excluding carboxylic acids is 5. The fourth-order valence-corrected chi connectivity index (χ4v) is 5.73. The van der Waals surface area contributed by atoms with E-state index in [9.17, 15) is 29.1 Å². The molecule has 250 valence electrons. The highest BCUT2D eigenvalue weighted by Crippen LogP contribution is 2.25. The van der Waals surface area contributed by atoms with Crippen LogP contribution in [0.3, 0.4) is 0 Å². The lowest BCUT2D eigenvalue weighted by molar-refractivity contribution is -0.156. The second-order valence-corrected chi connectivity index (χ2v) is 12.3. The number of allylic oxidation sites excluding steroid dienone is 8. The van der Waals surface area contributed by atoms with Crippen LogP contribution < -0.4 is 10.6 Å². The van der Waals surface area contributed by atoms with Gasteiger partial charge in [0.15, 0.2) is 5.78 Å². The lowest BCUT2D eigenvalue weighted by Gasteiger charge is -2.29. The number of aliphatic hydroxyl groups excluding tert-OH is 1. The number of rotatable bonds is 5. The lowest BCUT2D eigenvalue weighted by Crippen LogP contribution is -2.45. The predicted octanol–water partition coefficient (Wildman–Crippen LogP) is 4.26. The molecule has 0 unspecified atom stereocenters. The summed E-state index contributed by atoms with van der Waals surface area (Å²) >= 11 is 0. The van der Waals surface area contributed by atoms with Crippen LogP contribution in [0.2, 0.25) is 0 Å². The molecule has 0 radical (unpaired) electrons. The van der Waals surface area contributed by atoms with Gasteiger partial charge in [0.1, 0.15) is 12.1 Å². The minimum Gasteiger partial charge on any atom is -0.460 e. The van der Waals surface area contributed by atoms with Gasteiger partial charge in [0, 0.05) is 37.0 Å². The van der Waals surface area contributed by atoms with Gasteiger partial charge in [0.2, 0.25) is 17.6 Å². The third kappa shape index (κ3) is 11.2. The van der Waals surface area contributed by atoms with Crippen molar-refractivity contribution in [2.45, 2.75) is 103 Å². The van der Waals surface area contributed by atoms with Gasteiger partial charge in [-0.25, -0.2) is 4.79 Å². The third-order valence-electron chi connectivity index (χ3n) is 8.65. The van der Waals surface area contributed by atoms with E-state index in [2.05, 4.69) is 10.6 Å². The topological polar surface area (TPSA) is 148 Å². The molecule has 46 heavy (non-hydrogen) atoms. The van der Waals surface area contributed by atoms with Gasteiger partial charge in [-0.3, -0.25) is 19.2 Å². The van der Waals surface area contributed by atoms with E-state index in [-0.39, 0.29) is 35.9 Å². The van der Waals surface area contributed by atoms with Gasteiger partial charge in [-0.05, 0) is 51.2 Å². The van der Waals surface area contributed by atoms with Crippen molar-refractivity contribution < 1.29 is 38.6 Å². The first-order valence-corrected chi connectivity index (χ1v) is 16.2. The molecule has 0 aromatic heterocycles. The third-order valence-corrected chi connectivity index (χ3v) is 8.65. The van der Waals surface area contributed by atoms with Gasteiger partial charge >= 0.3 is 5.97 Å². The van der Waals surface area contributed by atoms with E-state index < -0.39 is 53.7 Å². The highest BCUT2D eigenvalue weighted by molar-refractivity contribution is 6.21. The zero-order valence-corrected chi connectivity index (χ0v) is 27.3. The van der Waals surface area contributed by atoms with Gasteiger partial charge in [-0.1, -0.05) is 68.7 Å². The maximum atomic E-state index is 13.1. The lowest BCUT2D eigenvalue weighted by atomic mass is 9.88. The summed E-state index contributed by atoms with van der Waals surface area (Å²) in [5.74, 6) is -2.59. The molecule has 10 heteroatoms. The van der Waals surface area contributed by atoms with E-state index in [4.69, 9.17) is 9.47 Å². The Morgan fingerprint density at radius 3 is 2.48 bits per heavy atom. The fourth-order valence-electron chi connectivity index (χ4n) is 5.73. The molecule has 2 aliphatic carbocycles. The molecular formula is C36H48N2O8. The first-order valence-electron chi connectivity index (χ1n) is 16.2. The van der Waals surface area contributed by atoms with Crippen molar-refractivity contribution in [2.75, 3.05) is 7.11 Å². The number of hydrogen-bond donors (Lipinski definition) is 3. The Kier molecular flexibility index (Phi) is 14.6. The van der Waals surface area contributed by atoms with Crippen LogP contribution in [0.4, 0.5) is 0 Å². The van der Waals surface area contributed by atoms with Crippen LogP contribution in [0.25, 0.3) is 0 Å². The van der Waals surface area contributed by atoms with Crippen LogP contribution >= 0.6 is 0 Å². The van der Waals surface area contributed by atoms with Crippen LogP contribution in [-0.4, -0.2) is 65.9 Å². The summed E-state index contributed by atoms with van der Waals surface area (Å²) in [6, 6.07) is -0.840. The number of hydrogen-bond acceptors (Lipinski definition) is 8. The Hall–Kier alpha value is -3.89. The minimum atomic E-state index is -0.968. The van der Waals surface area contributed by atoms with E-state index in [1.807, 2.05) is 6.08 Å². The van der Waals surface area contributed by atoms with Crippen LogP contribution in [0, 0.1) is 11.8 Å². The Bertz CT molecular complexity index is 1310. The number of ketones is 2. The summed E-state index contributed by atoms with van der Waals surface area (Å²) in [7, 11) is 1.47. The van der Waals surface area contributed by atoms with Gasteiger partial charge in [-0.15, -0.1) is 0 Å². The summed E-state index contributed by atoms with van der Waals surface area (Å²) < 4.78 is 11.3. The highest BCUT2D eigenvalue weighted by Gasteiger charge is 2.31. The monoisotopic (exact) mass is 636 g/mol. The number of nitrogens with one attached hydrogen (secondary N) is 2. The van der Waals surface area contributed by atoms with Crippen LogP contribution in [0.5, 0.6) is 0 Å². The molecule has 3 N–H and O–H groups in total. The molecule has 0 saturated heterocycles. The second-order valence-electron chi connectivity index (χ2n) is 12.3. The van der Waals surface area contributed by atoms with Crippen LogP contribution in [0.15, 0.2) is 71.5 Å². The molecule has 0 spiro atoms. The van der Waals surface area contributed by atoms with E-state index in [1.54, 1.807) is 57.2 Å². The number of ether oxygens (including phenoxy) is 2. The summed E-state index contributed by atoms with van der Waals surface area (Å²) in [5, 5.41) is 16.6. The van der Waals surface area contributed by atoms with Crippen molar-refractivity contribution in [2.24, 2.45) is 11.8 Å². The molecule has 0 aromatic rings. The van der Waals surface area contributed by atoms with Gasteiger partial charge in [0.05, 0.1) is 24.3 Å². The maximum absolute atomic E-state index is 13.1. The SMILES string of the molecule is CO[C@H]1\C=C/C=C\C=C/C[C@H](OC(=O)[C@@H](C)NC(=O)C2CCCCC2)[C@H](C)[C@@H](O)/C(C)=C\CCC2=CC(=O)C=C(NC(=O)C1)C2=O. The first-order chi connectivity index (χ1) is 22.0. The molecule has 1 fully saturated rings. The molecule has 1 heterocycles. The molecular weight excluding hydrogens is 588 g/mol. The molecule has 1 aliphatic heterocycles. The zero-order valence-electron chi connectivity index (χ0n) is 27.3. The van der Waals surface area contributed by atoms with Crippen LogP contribution in [-0.2, 0) is 33.4 Å². The second kappa shape index (κ2) is 18.3. The number of amides is 2.